The third-order valence-corrected chi connectivity index (χ3v) is 4.25. The zero-order valence-corrected chi connectivity index (χ0v) is 16.0. The standard InChI is InChI=1S/C22H25N3O2/c1-15(2)13-20(22(27)24-12-11-23)25-21(26)18-9-6-8-17(14-18)19-10-5-4-7-16(19)3/h4-10,14-15,20H,12-13H2,1-3H3,(H,24,27)(H,25,26)/t20-/m0/s1. The molecular weight excluding hydrogens is 338 g/mol. The van der Waals surface area contributed by atoms with Gasteiger partial charge in [0.05, 0.1) is 6.07 Å². The lowest BCUT2D eigenvalue weighted by Gasteiger charge is -2.19. The zero-order valence-electron chi connectivity index (χ0n) is 16.0. The first kappa shape index (κ1) is 20.2. The average molecular weight is 363 g/mol. The first-order valence-corrected chi connectivity index (χ1v) is 9.04. The van der Waals surface area contributed by atoms with E-state index in [2.05, 4.69) is 10.6 Å². The molecule has 0 saturated heterocycles. The lowest BCUT2D eigenvalue weighted by molar-refractivity contribution is -0.123. The molecule has 2 aromatic rings. The summed E-state index contributed by atoms with van der Waals surface area (Å²) in [5, 5.41) is 14.0. The Balaban J connectivity index is 2.20. The number of hydrogen-bond acceptors (Lipinski definition) is 3. The van der Waals surface area contributed by atoms with Gasteiger partial charge < -0.3 is 10.6 Å². The van der Waals surface area contributed by atoms with Crippen molar-refractivity contribution >= 4 is 11.8 Å². The molecule has 1 atom stereocenters. The van der Waals surface area contributed by atoms with E-state index in [0.29, 0.717) is 12.0 Å². The normalized spacial score (nSPS) is 11.5. The van der Waals surface area contributed by atoms with Crippen LogP contribution in [0.4, 0.5) is 0 Å². The molecule has 0 aliphatic heterocycles. The maximum absolute atomic E-state index is 12.7. The molecule has 5 nitrogen and oxygen atoms in total. The van der Waals surface area contributed by atoms with Crippen LogP contribution in [-0.4, -0.2) is 24.4 Å². The Kier molecular flexibility index (Phi) is 7.13. The van der Waals surface area contributed by atoms with Gasteiger partial charge in [-0.15, -0.1) is 0 Å². The lowest BCUT2D eigenvalue weighted by atomic mass is 9.98. The van der Waals surface area contributed by atoms with E-state index in [1.54, 1.807) is 6.07 Å². The number of carbonyl (C=O) groups is 2. The molecule has 2 aromatic carbocycles. The fourth-order valence-electron chi connectivity index (χ4n) is 2.92. The number of aryl methyl sites for hydroxylation is 1. The second-order valence-corrected chi connectivity index (χ2v) is 6.93. The van der Waals surface area contributed by atoms with Gasteiger partial charge in [-0.3, -0.25) is 9.59 Å². The fraction of sp³-hybridized carbons (Fsp3) is 0.318. The molecule has 0 aliphatic carbocycles. The highest BCUT2D eigenvalue weighted by Gasteiger charge is 2.22. The molecule has 0 aromatic heterocycles. The summed E-state index contributed by atoms with van der Waals surface area (Å²) in [6.45, 7) is 5.91. The van der Waals surface area contributed by atoms with Crippen molar-refractivity contribution < 1.29 is 9.59 Å². The molecule has 0 spiro atoms. The summed E-state index contributed by atoms with van der Waals surface area (Å²) in [4.78, 5) is 25.0. The van der Waals surface area contributed by atoms with Crippen LogP contribution in [0.3, 0.4) is 0 Å². The van der Waals surface area contributed by atoms with Crippen LogP contribution in [0, 0.1) is 24.2 Å². The number of carbonyl (C=O) groups excluding carboxylic acids is 2. The summed E-state index contributed by atoms with van der Waals surface area (Å²) < 4.78 is 0. The summed E-state index contributed by atoms with van der Waals surface area (Å²) in [6, 6.07) is 16.6. The Morgan fingerprint density at radius 2 is 1.85 bits per heavy atom. The predicted molar refractivity (Wildman–Crippen MR) is 106 cm³/mol. The Morgan fingerprint density at radius 1 is 1.11 bits per heavy atom. The monoisotopic (exact) mass is 363 g/mol. The van der Waals surface area contributed by atoms with Crippen molar-refractivity contribution in [3.63, 3.8) is 0 Å². The Morgan fingerprint density at radius 3 is 2.52 bits per heavy atom. The minimum Gasteiger partial charge on any atom is -0.341 e. The van der Waals surface area contributed by atoms with Gasteiger partial charge in [-0.1, -0.05) is 50.2 Å². The minimum absolute atomic E-state index is 0.0773. The van der Waals surface area contributed by atoms with Crippen LogP contribution in [0.2, 0.25) is 0 Å². The third-order valence-electron chi connectivity index (χ3n) is 4.25. The number of amides is 2. The SMILES string of the molecule is Cc1ccccc1-c1cccc(C(=O)N[C@@H](CC(C)C)C(=O)NCC#N)c1. The zero-order chi connectivity index (χ0) is 19.8. The second kappa shape index (κ2) is 9.54. The van der Waals surface area contributed by atoms with Crippen molar-refractivity contribution in [3.8, 4) is 17.2 Å². The third kappa shape index (κ3) is 5.68. The van der Waals surface area contributed by atoms with Gasteiger partial charge in [0, 0.05) is 5.56 Å². The lowest BCUT2D eigenvalue weighted by Crippen LogP contribution is -2.47. The molecule has 0 fully saturated rings. The van der Waals surface area contributed by atoms with Gasteiger partial charge in [-0.05, 0) is 48.1 Å². The minimum atomic E-state index is -0.673. The summed E-state index contributed by atoms with van der Waals surface area (Å²) >= 11 is 0. The highest BCUT2D eigenvalue weighted by atomic mass is 16.2. The predicted octanol–water partition coefficient (Wildman–Crippen LogP) is 3.45. The first-order valence-electron chi connectivity index (χ1n) is 9.04. The largest absolute Gasteiger partial charge is 0.341 e. The molecule has 2 amide bonds. The van der Waals surface area contributed by atoms with Crippen molar-refractivity contribution in [2.45, 2.75) is 33.2 Å². The van der Waals surface area contributed by atoms with E-state index >= 15 is 0 Å². The van der Waals surface area contributed by atoms with Gasteiger partial charge in [0.15, 0.2) is 0 Å². The molecule has 2 rings (SSSR count). The number of nitriles is 1. The van der Waals surface area contributed by atoms with Gasteiger partial charge in [0.2, 0.25) is 5.91 Å². The molecule has 0 unspecified atom stereocenters. The smallest absolute Gasteiger partial charge is 0.251 e. The number of benzene rings is 2. The Labute approximate surface area is 160 Å². The highest BCUT2D eigenvalue weighted by molar-refractivity contribution is 5.98. The van der Waals surface area contributed by atoms with Gasteiger partial charge >= 0.3 is 0 Å². The summed E-state index contributed by atoms with van der Waals surface area (Å²) in [7, 11) is 0. The first-order chi connectivity index (χ1) is 12.9. The molecule has 5 heteroatoms. The molecule has 0 heterocycles. The van der Waals surface area contributed by atoms with Gasteiger partial charge in [-0.25, -0.2) is 0 Å². The van der Waals surface area contributed by atoms with Gasteiger partial charge in [0.25, 0.3) is 5.91 Å². The molecule has 0 aliphatic rings. The van der Waals surface area contributed by atoms with Crippen LogP contribution in [-0.2, 0) is 4.79 Å². The molecule has 0 bridgehead atoms. The summed E-state index contributed by atoms with van der Waals surface area (Å²) in [5.74, 6) is -0.418. The van der Waals surface area contributed by atoms with Crippen molar-refractivity contribution in [2.24, 2.45) is 5.92 Å². The topological polar surface area (TPSA) is 82.0 Å². The molecule has 140 valence electrons. The van der Waals surface area contributed by atoms with E-state index in [1.807, 2.05) is 69.3 Å². The van der Waals surface area contributed by atoms with Crippen LogP contribution in [0.1, 0.15) is 36.2 Å². The average Bonchev–Trinajstić information content (AvgIpc) is 2.65. The van der Waals surface area contributed by atoms with E-state index in [0.717, 1.165) is 16.7 Å². The van der Waals surface area contributed by atoms with E-state index in [-0.39, 0.29) is 24.3 Å². The van der Waals surface area contributed by atoms with Crippen molar-refractivity contribution in [1.29, 1.82) is 5.26 Å². The van der Waals surface area contributed by atoms with Crippen molar-refractivity contribution in [2.75, 3.05) is 6.54 Å². The maximum atomic E-state index is 12.7. The van der Waals surface area contributed by atoms with Crippen LogP contribution >= 0.6 is 0 Å². The van der Waals surface area contributed by atoms with Crippen LogP contribution < -0.4 is 10.6 Å². The summed E-state index contributed by atoms with van der Waals surface area (Å²) in [5.41, 5.74) is 3.65. The van der Waals surface area contributed by atoms with E-state index in [1.165, 1.54) is 0 Å². The number of rotatable bonds is 7. The Hall–Kier alpha value is -3.13. The highest BCUT2D eigenvalue weighted by Crippen LogP contribution is 2.24. The molecule has 27 heavy (non-hydrogen) atoms. The van der Waals surface area contributed by atoms with Crippen molar-refractivity contribution in [3.05, 3.63) is 59.7 Å². The Bertz CT molecular complexity index is 853. The van der Waals surface area contributed by atoms with Crippen LogP contribution in [0.5, 0.6) is 0 Å². The van der Waals surface area contributed by atoms with Gasteiger partial charge in [-0.2, -0.15) is 5.26 Å². The number of nitrogens with zero attached hydrogens (tertiary/aromatic N) is 1. The van der Waals surface area contributed by atoms with E-state index < -0.39 is 6.04 Å². The van der Waals surface area contributed by atoms with E-state index in [4.69, 9.17) is 5.26 Å². The molecule has 0 saturated carbocycles. The number of hydrogen-bond donors (Lipinski definition) is 2. The molecule has 2 N–H and O–H groups in total. The van der Waals surface area contributed by atoms with Crippen LogP contribution in [0.25, 0.3) is 11.1 Å². The van der Waals surface area contributed by atoms with Crippen LogP contribution in [0.15, 0.2) is 48.5 Å². The summed E-state index contributed by atoms with van der Waals surface area (Å²) in [6.07, 6.45) is 0.500. The van der Waals surface area contributed by atoms with Gasteiger partial charge in [0.1, 0.15) is 12.6 Å². The second-order valence-electron chi connectivity index (χ2n) is 6.93. The maximum Gasteiger partial charge on any atom is 0.251 e. The van der Waals surface area contributed by atoms with E-state index in [9.17, 15) is 9.59 Å². The fourth-order valence-corrected chi connectivity index (χ4v) is 2.92. The molecular formula is C22H25N3O2. The quantitative estimate of drug-likeness (QED) is 0.739. The number of nitrogens with one attached hydrogen (secondary N) is 2. The van der Waals surface area contributed by atoms with Crippen molar-refractivity contribution in [1.82, 2.24) is 10.6 Å². The molecule has 0 radical (unpaired) electrons.